The predicted molar refractivity (Wildman–Crippen MR) is 114 cm³/mol. The first-order valence-electron chi connectivity index (χ1n) is 8.69. The highest BCUT2D eigenvalue weighted by Crippen LogP contribution is 2.30. The summed E-state index contributed by atoms with van der Waals surface area (Å²) in [6.45, 7) is 6.19. The summed E-state index contributed by atoms with van der Waals surface area (Å²) in [6, 6.07) is 17.3. The van der Waals surface area contributed by atoms with Gasteiger partial charge in [0.2, 0.25) is 4.80 Å². The highest BCUT2D eigenvalue weighted by molar-refractivity contribution is 7.07. The van der Waals surface area contributed by atoms with Crippen molar-refractivity contribution in [3.05, 3.63) is 82.5 Å². The van der Waals surface area contributed by atoms with Gasteiger partial charge in [0, 0.05) is 10.9 Å². The van der Waals surface area contributed by atoms with Crippen LogP contribution in [0.4, 0.5) is 0 Å². The Kier molecular flexibility index (Phi) is 6.20. The monoisotopic (exact) mass is 388 g/mol. The predicted octanol–water partition coefficient (Wildman–Crippen LogP) is 4.46. The van der Waals surface area contributed by atoms with Crippen molar-refractivity contribution in [1.82, 2.24) is 4.68 Å². The van der Waals surface area contributed by atoms with Crippen molar-refractivity contribution < 1.29 is 4.74 Å². The van der Waals surface area contributed by atoms with Crippen LogP contribution in [0.3, 0.4) is 0 Å². The lowest BCUT2D eigenvalue weighted by Crippen LogP contribution is -2.14. The molecule has 2 aromatic carbocycles. The molecule has 0 saturated carbocycles. The largest absolute Gasteiger partial charge is 0.496 e. The maximum atomic E-state index is 8.99. The number of para-hydroxylation sites is 1. The third kappa shape index (κ3) is 4.11. The number of rotatable bonds is 6. The van der Waals surface area contributed by atoms with Crippen molar-refractivity contribution in [2.75, 3.05) is 13.7 Å². The average molecular weight is 388 g/mol. The quantitative estimate of drug-likeness (QED) is 0.462. The van der Waals surface area contributed by atoms with Gasteiger partial charge < -0.3 is 4.74 Å². The van der Waals surface area contributed by atoms with E-state index in [9.17, 15) is 0 Å². The molecule has 0 aliphatic carbocycles. The van der Waals surface area contributed by atoms with Gasteiger partial charge in [-0.2, -0.15) is 10.4 Å². The average Bonchev–Trinajstić information content (AvgIpc) is 3.14. The first-order chi connectivity index (χ1) is 13.7. The van der Waals surface area contributed by atoms with E-state index in [1.807, 2.05) is 53.4 Å². The number of nitrogens with zero attached hydrogens (tertiary/aromatic N) is 4. The summed E-state index contributed by atoms with van der Waals surface area (Å²) in [5, 5.41) is 15.8. The molecule has 6 heteroatoms. The van der Waals surface area contributed by atoms with Crippen LogP contribution in [0.5, 0.6) is 5.75 Å². The zero-order valence-electron chi connectivity index (χ0n) is 15.8. The first kappa shape index (κ1) is 19.3. The van der Waals surface area contributed by atoms with Gasteiger partial charge in [0.15, 0.2) is 0 Å². The summed E-state index contributed by atoms with van der Waals surface area (Å²) in [7, 11) is 1.66. The fourth-order valence-corrected chi connectivity index (χ4v) is 3.51. The molecule has 1 aromatic heterocycles. The molecule has 0 radical (unpaired) electrons. The van der Waals surface area contributed by atoms with Crippen LogP contribution in [0.25, 0.3) is 11.3 Å². The second-order valence-corrected chi connectivity index (χ2v) is 6.76. The molecule has 3 rings (SSSR count). The summed E-state index contributed by atoms with van der Waals surface area (Å²) >= 11 is 1.52. The minimum Gasteiger partial charge on any atom is -0.496 e. The van der Waals surface area contributed by atoms with E-state index in [4.69, 9.17) is 15.1 Å². The zero-order valence-corrected chi connectivity index (χ0v) is 16.6. The molecule has 1 heterocycles. The van der Waals surface area contributed by atoms with Crippen molar-refractivity contribution in [3.63, 3.8) is 0 Å². The van der Waals surface area contributed by atoms with Gasteiger partial charge in [-0.25, -0.2) is 4.68 Å². The van der Waals surface area contributed by atoms with Crippen molar-refractivity contribution in [1.29, 1.82) is 5.26 Å². The lowest BCUT2D eigenvalue weighted by atomic mass is 10.1. The smallest absolute Gasteiger partial charge is 0.206 e. The Morgan fingerprint density at radius 1 is 1.25 bits per heavy atom. The van der Waals surface area contributed by atoms with Crippen LogP contribution in [-0.4, -0.2) is 24.0 Å². The summed E-state index contributed by atoms with van der Waals surface area (Å²) in [5.74, 6) is 0.774. The standard InChI is InChI=1S/C22H20N4OS/c1-4-13-24-22-26(25-16(2)18-11-9-17(14-23)10-12-18)20(15-28-22)19-7-5-6-8-21(19)27-3/h4-12,15H,1,13H2,2-3H3. The highest BCUT2D eigenvalue weighted by atomic mass is 32.1. The van der Waals surface area contributed by atoms with Crippen molar-refractivity contribution in [2.45, 2.75) is 6.92 Å². The Labute approximate surface area is 168 Å². The van der Waals surface area contributed by atoms with Gasteiger partial charge in [-0.3, -0.25) is 4.99 Å². The minimum atomic E-state index is 0.511. The maximum absolute atomic E-state index is 8.99. The number of ether oxygens (including phenoxy) is 1. The molecule has 3 aromatic rings. The van der Waals surface area contributed by atoms with E-state index in [1.165, 1.54) is 11.3 Å². The minimum absolute atomic E-state index is 0.511. The van der Waals surface area contributed by atoms with Gasteiger partial charge in [0.05, 0.1) is 36.7 Å². The fraction of sp³-hybridized carbons (Fsp3) is 0.136. The number of methoxy groups -OCH3 is 1. The molecule has 0 atom stereocenters. The van der Waals surface area contributed by atoms with Crippen LogP contribution >= 0.6 is 11.3 Å². The molecular formula is C22H20N4OS. The van der Waals surface area contributed by atoms with E-state index in [0.29, 0.717) is 12.1 Å². The van der Waals surface area contributed by atoms with Crippen LogP contribution in [0.15, 0.2) is 76.7 Å². The molecule has 140 valence electrons. The van der Waals surface area contributed by atoms with Crippen LogP contribution in [0, 0.1) is 11.3 Å². The molecule has 0 bridgehead atoms. The summed E-state index contributed by atoms with van der Waals surface area (Å²) in [6.07, 6.45) is 1.75. The van der Waals surface area contributed by atoms with Crippen LogP contribution < -0.4 is 9.54 Å². The van der Waals surface area contributed by atoms with Gasteiger partial charge in [-0.05, 0) is 36.8 Å². The van der Waals surface area contributed by atoms with Crippen molar-refractivity contribution >= 4 is 17.0 Å². The van der Waals surface area contributed by atoms with Crippen LogP contribution in [0.1, 0.15) is 18.1 Å². The highest BCUT2D eigenvalue weighted by Gasteiger charge is 2.12. The Balaban J connectivity index is 2.15. The fourth-order valence-electron chi connectivity index (χ4n) is 2.68. The van der Waals surface area contributed by atoms with Crippen molar-refractivity contribution in [2.24, 2.45) is 10.1 Å². The van der Waals surface area contributed by atoms with Crippen LogP contribution in [-0.2, 0) is 0 Å². The molecular weight excluding hydrogens is 368 g/mol. The maximum Gasteiger partial charge on any atom is 0.206 e. The van der Waals surface area contributed by atoms with Gasteiger partial charge in [0.1, 0.15) is 5.75 Å². The van der Waals surface area contributed by atoms with Gasteiger partial charge in [-0.1, -0.05) is 30.3 Å². The topological polar surface area (TPSA) is 62.7 Å². The normalized spacial score (nSPS) is 11.9. The molecule has 0 aliphatic rings. The Morgan fingerprint density at radius 3 is 2.68 bits per heavy atom. The molecule has 0 spiro atoms. The zero-order chi connectivity index (χ0) is 19.9. The third-order valence-electron chi connectivity index (χ3n) is 4.11. The van der Waals surface area contributed by atoms with E-state index in [1.54, 1.807) is 25.3 Å². The van der Waals surface area contributed by atoms with Crippen molar-refractivity contribution in [3.8, 4) is 23.1 Å². The Hall–Kier alpha value is -3.43. The molecule has 0 N–H and O–H groups in total. The number of benzene rings is 2. The van der Waals surface area contributed by atoms with E-state index in [2.05, 4.69) is 17.6 Å². The molecule has 5 nitrogen and oxygen atoms in total. The second kappa shape index (κ2) is 8.98. The molecule has 0 unspecified atom stereocenters. The number of hydrogen-bond acceptors (Lipinski definition) is 5. The molecule has 0 fully saturated rings. The molecule has 0 aliphatic heterocycles. The van der Waals surface area contributed by atoms with E-state index < -0.39 is 0 Å². The summed E-state index contributed by atoms with van der Waals surface area (Å²) < 4.78 is 7.36. The number of thiazole rings is 1. The second-order valence-electron chi connectivity index (χ2n) is 5.92. The van der Waals surface area contributed by atoms with E-state index >= 15 is 0 Å². The third-order valence-corrected chi connectivity index (χ3v) is 4.96. The van der Waals surface area contributed by atoms with E-state index in [0.717, 1.165) is 33.1 Å². The molecule has 0 amide bonds. The summed E-state index contributed by atoms with van der Waals surface area (Å²) in [4.78, 5) is 5.34. The lowest BCUT2D eigenvalue weighted by Gasteiger charge is -2.10. The number of hydrogen-bond donors (Lipinski definition) is 0. The van der Waals surface area contributed by atoms with Gasteiger partial charge >= 0.3 is 0 Å². The van der Waals surface area contributed by atoms with Gasteiger partial charge in [-0.15, -0.1) is 17.9 Å². The number of nitriles is 1. The number of aromatic nitrogens is 1. The Morgan fingerprint density at radius 2 is 2.00 bits per heavy atom. The van der Waals surface area contributed by atoms with Crippen LogP contribution in [0.2, 0.25) is 0 Å². The lowest BCUT2D eigenvalue weighted by molar-refractivity contribution is 0.416. The SMILES string of the molecule is C=CCN=c1scc(-c2ccccc2OC)n1N=C(C)c1ccc(C#N)cc1. The molecule has 0 saturated heterocycles. The Bertz CT molecular complexity index is 1110. The van der Waals surface area contributed by atoms with E-state index in [-0.39, 0.29) is 0 Å². The summed E-state index contributed by atoms with van der Waals surface area (Å²) in [5.41, 5.74) is 4.23. The van der Waals surface area contributed by atoms with Gasteiger partial charge in [0.25, 0.3) is 0 Å². The molecule has 28 heavy (non-hydrogen) atoms. The first-order valence-corrected chi connectivity index (χ1v) is 9.57.